The maximum atomic E-state index is 0. The third-order valence-corrected chi connectivity index (χ3v) is 0. The van der Waals surface area contributed by atoms with E-state index in [0.29, 0.717) is 0 Å². The number of hydrogen-bond acceptors (Lipinski definition) is 1. The van der Waals surface area contributed by atoms with Gasteiger partial charge in [-0.2, -0.15) is 0 Å². The Morgan fingerprint density at radius 3 is 0.500 bits per heavy atom. The Kier molecular flexibility index (Phi) is 1140. The molecule has 0 aliphatic heterocycles. The molecule has 0 radical (unpaired) electrons. The summed E-state index contributed by atoms with van der Waals surface area (Å²) < 4.78 is 0. The van der Waals surface area contributed by atoms with E-state index < -0.39 is 0 Å². The molecule has 0 bridgehead atoms. The van der Waals surface area contributed by atoms with Gasteiger partial charge in [-0.3, -0.25) is 0 Å². The van der Waals surface area contributed by atoms with Gasteiger partial charge in [0.15, 0.2) is 0 Å². The molecule has 0 saturated heterocycles. The Bertz CT molecular complexity index is 3.25. The molecule has 1 nitrogen and oxygen atoms in total. The molecule has 0 unspecified atom stereocenters. The predicted octanol–water partition coefficient (Wildman–Crippen LogP) is 1.43. The van der Waals surface area contributed by atoms with Gasteiger partial charge in [0, 0.05) is 0 Å². The SMILES string of the molecule is Cl.Cl.Cl.N. The first-order chi connectivity index (χ1) is 0. The van der Waals surface area contributed by atoms with Crippen molar-refractivity contribution in [2.45, 2.75) is 0 Å². The molecule has 0 aromatic rings. The molecule has 32 valence electrons. The van der Waals surface area contributed by atoms with E-state index in [1.165, 1.54) is 0 Å². The second-order valence-electron chi connectivity index (χ2n) is 0. The van der Waals surface area contributed by atoms with Crippen LogP contribution in [0.4, 0.5) is 0 Å². The maximum Gasteiger partial charge on any atom is -0.147 e. The van der Waals surface area contributed by atoms with Crippen LogP contribution in [-0.4, -0.2) is 0 Å². The van der Waals surface area contributed by atoms with Crippen LogP contribution in [0, 0.1) is 0 Å². The molecule has 0 fully saturated rings. The van der Waals surface area contributed by atoms with Crippen LogP contribution in [-0.2, 0) is 0 Å². The molecule has 0 aliphatic rings. The van der Waals surface area contributed by atoms with Gasteiger partial charge < -0.3 is 6.15 Å². The van der Waals surface area contributed by atoms with Crippen molar-refractivity contribution in [2.24, 2.45) is 0 Å². The highest BCUT2D eigenvalue weighted by molar-refractivity contribution is 5.86. The predicted molar refractivity (Wildman–Crippen MR) is 26.8 cm³/mol. The second-order valence-corrected chi connectivity index (χ2v) is 0. The number of hydrogen-bond donors (Lipinski definition) is 1. The fraction of sp³-hybridized carbons (Fsp3) is 0. The van der Waals surface area contributed by atoms with E-state index in [2.05, 4.69) is 0 Å². The highest BCUT2D eigenvalue weighted by Crippen LogP contribution is 0.692. The summed E-state index contributed by atoms with van der Waals surface area (Å²) >= 11 is 0. The van der Waals surface area contributed by atoms with Crippen molar-refractivity contribution >= 4 is 37.2 Å². The smallest absolute Gasteiger partial charge is 0.147 e. The molecule has 0 rings (SSSR count). The highest BCUT2D eigenvalue weighted by Gasteiger charge is -0.145. The van der Waals surface area contributed by atoms with Crippen molar-refractivity contribution in [3.8, 4) is 0 Å². The lowest BCUT2D eigenvalue weighted by Gasteiger charge is -0.344. The molecule has 0 amide bonds. The lowest BCUT2D eigenvalue weighted by Crippen LogP contribution is -0.481. The number of halogens is 3. The van der Waals surface area contributed by atoms with Crippen molar-refractivity contribution in [3.05, 3.63) is 0 Å². The summed E-state index contributed by atoms with van der Waals surface area (Å²) in [6, 6.07) is 0. The molecular formula is H6Cl3N. The van der Waals surface area contributed by atoms with Gasteiger partial charge in [-0.25, -0.2) is 0 Å². The third kappa shape index (κ3) is 13.8. The first-order valence-corrected chi connectivity index (χ1v) is 0. The van der Waals surface area contributed by atoms with Crippen molar-refractivity contribution in [2.75, 3.05) is 0 Å². The summed E-state index contributed by atoms with van der Waals surface area (Å²) in [5.74, 6) is 0. The standard InChI is InChI=1S/3ClH.H3N/h3*1H;1H3. The van der Waals surface area contributed by atoms with Crippen LogP contribution >= 0.6 is 37.2 Å². The van der Waals surface area contributed by atoms with Gasteiger partial charge in [0.25, 0.3) is 0 Å². The van der Waals surface area contributed by atoms with Crippen LogP contribution in [0.2, 0.25) is 0 Å². The second kappa shape index (κ2) is 44.5. The fourth-order valence-electron chi connectivity index (χ4n) is 0. The average molecular weight is 126 g/mol. The minimum Gasteiger partial charge on any atom is -0.344 e. The highest BCUT2D eigenvalue weighted by atomic mass is 35.5. The summed E-state index contributed by atoms with van der Waals surface area (Å²) in [6.07, 6.45) is 0. The van der Waals surface area contributed by atoms with Crippen LogP contribution in [0.25, 0.3) is 0 Å². The summed E-state index contributed by atoms with van der Waals surface area (Å²) in [5.41, 5.74) is 0. The molecule has 0 aliphatic carbocycles. The van der Waals surface area contributed by atoms with Gasteiger partial charge >= 0.3 is 0 Å². The van der Waals surface area contributed by atoms with Crippen LogP contribution in [0.15, 0.2) is 0 Å². The molecular weight excluding hydrogens is 120 g/mol. The Hall–Kier alpha value is 0.830. The van der Waals surface area contributed by atoms with Gasteiger partial charge in [0.05, 0.1) is 0 Å². The molecule has 0 aromatic heterocycles. The van der Waals surface area contributed by atoms with E-state index in [0.717, 1.165) is 0 Å². The quantitative estimate of drug-likeness (QED) is 0.523. The van der Waals surface area contributed by atoms with Gasteiger partial charge in [0.1, 0.15) is 0 Å². The zero-order valence-electron chi connectivity index (χ0n) is 1.93. The lowest BCUT2D eigenvalue weighted by molar-refractivity contribution is 2.13. The molecule has 4 heavy (non-hydrogen) atoms. The fourth-order valence-corrected chi connectivity index (χ4v) is 0. The van der Waals surface area contributed by atoms with E-state index in [1.807, 2.05) is 0 Å². The first kappa shape index (κ1) is 103. The average Bonchev–Trinajstić information content (AvgIpc) is 0. The largest absolute Gasteiger partial charge is 0.344 e. The van der Waals surface area contributed by atoms with E-state index in [4.69, 9.17) is 0 Å². The summed E-state index contributed by atoms with van der Waals surface area (Å²) in [4.78, 5) is 0. The Balaban J connectivity index is 0. The Morgan fingerprint density at radius 1 is 0.500 bits per heavy atom. The van der Waals surface area contributed by atoms with Crippen molar-refractivity contribution in [1.82, 2.24) is 6.15 Å². The summed E-state index contributed by atoms with van der Waals surface area (Å²) in [5, 5.41) is 0. The topological polar surface area (TPSA) is 35.0 Å². The normalized spacial score (nSPS) is 0. The van der Waals surface area contributed by atoms with Crippen LogP contribution < -0.4 is 6.15 Å². The Morgan fingerprint density at radius 2 is 0.500 bits per heavy atom. The van der Waals surface area contributed by atoms with Crippen LogP contribution in [0.3, 0.4) is 0 Å². The van der Waals surface area contributed by atoms with Crippen molar-refractivity contribution < 1.29 is 0 Å². The van der Waals surface area contributed by atoms with Gasteiger partial charge in [-0.1, -0.05) is 0 Å². The molecule has 0 spiro atoms. The van der Waals surface area contributed by atoms with Crippen LogP contribution in [0.1, 0.15) is 0 Å². The van der Waals surface area contributed by atoms with Gasteiger partial charge in [-0.05, 0) is 0 Å². The van der Waals surface area contributed by atoms with E-state index in [-0.39, 0.29) is 43.4 Å². The molecule has 0 saturated carbocycles. The molecule has 3 N–H and O–H groups in total. The minimum atomic E-state index is 0. The minimum absolute atomic E-state index is 0. The van der Waals surface area contributed by atoms with Gasteiger partial charge in [-0.15, -0.1) is 37.2 Å². The van der Waals surface area contributed by atoms with Crippen LogP contribution in [0.5, 0.6) is 0 Å². The number of rotatable bonds is 0. The van der Waals surface area contributed by atoms with E-state index in [9.17, 15) is 0 Å². The van der Waals surface area contributed by atoms with Crippen molar-refractivity contribution in [3.63, 3.8) is 0 Å². The lowest BCUT2D eigenvalue weighted by atomic mass is 14.0. The van der Waals surface area contributed by atoms with E-state index >= 15 is 0 Å². The maximum absolute atomic E-state index is 0. The van der Waals surface area contributed by atoms with E-state index in [1.54, 1.807) is 0 Å². The summed E-state index contributed by atoms with van der Waals surface area (Å²) in [6.45, 7) is 0. The van der Waals surface area contributed by atoms with Crippen molar-refractivity contribution in [1.29, 1.82) is 0 Å². The molecule has 0 heterocycles. The molecule has 0 atom stereocenters. The third-order valence-electron chi connectivity index (χ3n) is 0. The molecule has 0 aromatic carbocycles. The Labute approximate surface area is 44.0 Å². The zero-order chi connectivity index (χ0) is 0. The van der Waals surface area contributed by atoms with Gasteiger partial charge in [0.2, 0.25) is 0 Å². The summed E-state index contributed by atoms with van der Waals surface area (Å²) in [7, 11) is 0. The first-order valence-electron chi connectivity index (χ1n) is 0. The molecule has 4 heteroatoms. The zero-order valence-corrected chi connectivity index (χ0v) is 4.38. The monoisotopic (exact) mass is 125 g/mol.